The molecule has 0 spiro atoms. The molecule has 1 fully saturated rings. The smallest absolute Gasteiger partial charge is 0.241 e. The summed E-state index contributed by atoms with van der Waals surface area (Å²) in [7, 11) is -2.46. The first kappa shape index (κ1) is 15.2. The molecule has 3 N–H and O–H groups in total. The largest absolute Gasteiger partial charge is 0.494 e. The number of hydrogen-bond acceptors (Lipinski definition) is 4. The minimum Gasteiger partial charge on any atom is -0.494 e. The molecule has 0 atom stereocenters. The molecule has 1 saturated carbocycles. The molecular formula is C13H19FN2O3S. The van der Waals surface area contributed by atoms with Gasteiger partial charge in [0, 0.05) is 12.1 Å². The Kier molecular flexibility index (Phi) is 4.31. The summed E-state index contributed by atoms with van der Waals surface area (Å²) in [4.78, 5) is -0.115. The number of sulfonamides is 1. The number of hydrogen-bond donors (Lipinski definition) is 2. The van der Waals surface area contributed by atoms with Crippen LogP contribution in [-0.2, 0) is 10.0 Å². The molecule has 0 radical (unpaired) electrons. The SMILES string of the molecule is COc1ccc(S(=O)(=O)NC2(CN)CCCC2)cc1F. The van der Waals surface area contributed by atoms with E-state index in [1.54, 1.807) is 0 Å². The predicted octanol–water partition coefficient (Wildman–Crippen LogP) is 1.38. The quantitative estimate of drug-likeness (QED) is 0.861. The van der Waals surface area contributed by atoms with Crippen LogP contribution in [0.15, 0.2) is 23.1 Å². The Morgan fingerprint density at radius 1 is 1.40 bits per heavy atom. The summed E-state index contributed by atoms with van der Waals surface area (Å²) in [5, 5.41) is 0. The summed E-state index contributed by atoms with van der Waals surface area (Å²) in [5.41, 5.74) is 5.11. The lowest BCUT2D eigenvalue weighted by molar-refractivity contribution is 0.384. The second-order valence-electron chi connectivity index (χ2n) is 5.09. The van der Waals surface area contributed by atoms with Crippen LogP contribution in [0.3, 0.4) is 0 Å². The summed E-state index contributed by atoms with van der Waals surface area (Å²) in [6, 6.07) is 3.58. The van der Waals surface area contributed by atoms with E-state index in [4.69, 9.17) is 10.5 Å². The number of benzene rings is 1. The average Bonchev–Trinajstić information content (AvgIpc) is 2.87. The van der Waals surface area contributed by atoms with Crippen LogP contribution < -0.4 is 15.2 Å². The molecule has 112 valence electrons. The minimum atomic E-state index is -3.79. The first-order valence-electron chi connectivity index (χ1n) is 6.50. The van der Waals surface area contributed by atoms with Gasteiger partial charge < -0.3 is 10.5 Å². The highest BCUT2D eigenvalue weighted by Gasteiger charge is 2.36. The molecule has 1 aromatic rings. The fourth-order valence-electron chi connectivity index (χ4n) is 2.56. The van der Waals surface area contributed by atoms with Crippen LogP contribution >= 0.6 is 0 Å². The zero-order chi connectivity index (χ0) is 14.8. The number of ether oxygens (including phenoxy) is 1. The number of nitrogens with two attached hydrogens (primary N) is 1. The maximum atomic E-state index is 13.6. The molecule has 1 aromatic carbocycles. The third-order valence-electron chi connectivity index (χ3n) is 3.74. The van der Waals surface area contributed by atoms with Gasteiger partial charge in [0.2, 0.25) is 10.0 Å². The Hall–Kier alpha value is -1.18. The van der Waals surface area contributed by atoms with E-state index in [9.17, 15) is 12.8 Å². The standard InChI is InChI=1S/C13H19FN2O3S/c1-19-12-5-4-10(8-11(12)14)20(17,18)16-13(9-15)6-2-3-7-13/h4-5,8,16H,2-3,6-7,9,15H2,1H3. The second-order valence-corrected chi connectivity index (χ2v) is 6.78. The summed E-state index contributed by atoms with van der Waals surface area (Å²) in [6.45, 7) is 0.241. The molecule has 2 rings (SSSR count). The van der Waals surface area contributed by atoms with Crippen LogP contribution in [-0.4, -0.2) is 27.6 Å². The topological polar surface area (TPSA) is 81.4 Å². The van der Waals surface area contributed by atoms with Gasteiger partial charge in [-0.3, -0.25) is 0 Å². The molecule has 0 saturated heterocycles. The van der Waals surface area contributed by atoms with Crippen molar-refractivity contribution in [3.05, 3.63) is 24.0 Å². The third kappa shape index (κ3) is 2.94. The molecule has 0 heterocycles. The van der Waals surface area contributed by atoms with E-state index in [2.05, 4.69) is 4.72 Å². The Labute approximate surface area is 118 Å². The van der Waals surface area contributed by atoms with E-state index < -0.39 is 21.4 Å². The molecule has 7 heteroatoms. The van der Waals surface area contributed by atoms with E-state index >= 15 is 0 Å². The summed E-state index contributed by atoms with van der Waals surface area (Å²) in [6.07, 6.45) is 3.30. The van der Waals surface area contributed by atoms with Crippen LogP contribution in [0.4, 0.5) is 4.39 Å². The van der Waals surface area contributed by atoms with E-state index in [0.717, 1.165) is 18.9 Å². The van der Waals surface area contributed by atoms with Gasteiger partial charge in [-0.2, -0.15) is 0 Å². The Morgan fingerprint density at radius 3 is 2.55 bits per heavy atom. The Bertz CT molecular complexity index is 583. The van der Waals surface area contributed by atoms with Crippen LogP contribution in [0.5, 0.6) is 5.75 Å². The molecule has 0 aromatic heterocycles. The van der Waals surface area contributed by atoms with Gasteiger partial charge >= 0.3 is 0 Å². The highest BCUT2D eigenvalue weighted by Crippen LogP contribution is 2.31. The van der Waals surface area contributed by atoms with Crippen molar-refractivity contribution >= 4 is 10.0 Å². The van der Waals surface area contributed by atoms with E-state index in [-0.39, 0.29) is 17.2 Å². The molecule has 0 unspecified atom stereocenters. The van der Waals surface area contributed by atoms with Gasteiger partial charge in [-0.15, -0.1) is 0 Å². The summed E-state index contributed by atoms with van der Waals surface area (Å²) in [5.74, 6) is -0.693. The van der Waals surface area contributed by atoms with Crippen molar-refractivity contribution in [3.63, 3.8) is 0 Å². The number of methoxy groups -OCH3 is 1. The van der Waals surface area contributed by atoms with Crippen LogP contribution in [0.2, 0.25) is 0 Å². The molecule has 1 aliphatic rings. The van der Waals surface area contributed by atoms with Crippen LogP contribution in [0.25, 0.3) is 0 Å². The zero-order valence-electron chi connectivity index (χ0n) is 11.4. The molecule has 0 amide bonds. The van der Waals surface area contributed by atoms with Crippen molar-refractivity contribution < 1.29 is 17.5 Å². The van der Waals surface area contributed by atoms with Crippen LogP contribution in [0.1, 0.15) is 25.7 Å². The number of rotatable bonds is 5. The lowest BCUT2D eigenvalue weighted by Gasteiger charge is -2.28. The zero-order valence-corrected chi connectivity index (χ0v) is 12.2. The normalized spacial score (nSPS) is 18.1. The molecule has 5 nitrogen and oxygen atoms in total. The molecule has 0 bridgehead atoms. The highest BCUT2D eigenvalue weighted by atomic mass is 32.2. The van der Waals surface area contributed by atoms with Gasteiger partial charge in [0.15, 0.2) is 11.6 Å². The van der Waals surface area contributed by atoms with E-state index in [0.29, 0.717) is 12.8 Å². The van der Waals surface area contributed by atoms with Gasteiger partial charge in [-0.25, -0.2) is 17.5 Å². The molecule has 0 aliphatic heterocycles. The van der Waals surface area contributed by atoms with E-state index in [1.165, 1.54) is 19.2 Å². The maximum absolute atomic E-state index is 13.6. The third-order valence-corrected chi connectivity index (χ3v) is 5.31. The first-order chi connectivity index (χ1) is 9.42. The van der Waals surface area contributed by atoms with Crippen molar-refractivity contribution in [2.45, 2.75) is 36.1 Å². The lowest BCUT2D eigenvalue weighted by atomic mass is 10.0. The van der Waals surface area contributed by atoms with E-state index in [1.807, 2.05) is 0 Å². The number of halogens is 1. The maximum Gasteiger partial charge on any atom is 0.241 e. The monoisotopic (exact) mass is 302 g/mol. The fraction of sp³-hybridized carbons (Fsp3) is 0.538. The highest BCUT2D eigenvalue weighted by molar-refractivity contribution is 7.89. The summed E-state index contributed by atoms with van der Waals surface area (Å²) < 4.78 is 45.7. The van der Waals surface area contributed by atoms with Gasteiger partial charge in [0.25, 0.3) is 0 Å². The predicted molar refractivity (Wildman–Crippen MR) is 73.5 cm³/mol. The molecule has 20 heavy (non-hydrogen) atoms. The second kappa shape index (κ2) is 5.67. The van der Waals surface area contributed by atoms with Gasteiger partial charge in [0.1, 0.15) is 0 Å². The van der Waals surface area contributed by atoms with Gasteiger partial charge in [0.05, 0.1) is 12.0 Å². The Balaban J connectivity index is 2.28. The lowest BCUT2D eigenvalue weighted by Crippen LogP contribution is -2.51. The average molecular weight is 302 g/mol. The minimum absolute atomic E-state index is 0.0124. The number of nitrogens with one attached hydrogen (secondary N) is 1. The van der Waals surface area contributed by atoms with Crippen molar-refractivity contribution in [3.8, 4) is 5.75 Å². The van der Waals surface area contributed by atoms with Crippen LogP contribution in [0, 0.1) is 5.82 Å². The van der Waals surface area contributed by atoms with Crippen molar-refractivity contribution in [2.24, 2.45) is 5.73 Å². The molecular weight excluding hydrogens is 283 g/mol. The molecule has 1 aliphatic carbocycles. The van der Waals surface area contributed by atoms with Gasteiger partial charge in [-0.1, -0.05) is 12.8 Å². The summed E-state index contributed by atoms with van der Waals surface area (Å²) >= 11 is 0. The fourth-order valence-corrected chi connectivity index (χ4v) is 4.04. The van der Waals surface area contributed by atoms with Crippen molar-refractivity contribution in [2.75, 3.05) is 13.7 Å². The first-order valence-corrected chi connectivity index (χ1v) is 7.98. The van der Waals surface area contributed by atoms with Gasteiger partial charge in [-0.05, 0) is 31.0 Å². The van der Waals surface area contributed by atoms with Crippen molar-refractivity contribution in [1.82, 2.24) is 4.72 Å². The Morgan fingerprint density at radius 2 is 2.05 bits per heavy atom. The van der Waals surface area contributed by atoms with Crippen molar-refractivity contribution in [1.29, 1.82) is 0 Å².